The highest BCUT2D eigenvalue weighted by molar-refractivity contribution is 7.91. The van der Waals surface area contributed by atoms with Crippen LogP contribution in [0.3, 0.4) is 0 Å². The van der Waals surface area contributed by atoms with E-state index >= 15 is 0 Å². The van der Waals surface area contributed by atoms with Gasteiger partial charge in [-0.2, -0.15) is 5.26 Å². The lowest BCUT2D eigenvalue weighted by molar-refractivity contribution is 0.562. The highest BCUT2D eigenvalue weighted by Crippen LogP contribution is 2.23. The van der Waals surface area contributed by atoms with Gasteiger partial charge in [0.05, 0.1) is 22.8 Å². The second-order valence-corrected chi connectivity index (χ2v) is 7.06. The highest BCUT2D eigenvalue weighted by Gasteiger charge is 2.25. The number of rotatable bonds is 2. The second kappa shape index (κ2) is 5.17. The predicted molar refractivity (Wildman–Crippen MR) is 71.5 cm³/mol. The first-order valence-electron chi connectivity index (χ1n) is 5.67. The van der Waals surface area contributed by atoms with Gasteiger partial charge in [0, 0.05) is 11.1 Å². The molecule has 1 heterocycles. The Bertz CT molecular complexity index is 593. The van der Waals surface area contributed by atoms with Crippen LogP contribution in [0.1, 0.15) is 18.4 Å². The summed E-state index contributed by atoms with van der Waals surface area (Å²) in [5, 5.41) is 12.6. The van der Waals surface area contributed by atoms with E-state index in [1.165, 1.54) is 0 Å². The van der Waals surface area contributed by atoms with Gasteiger partial charge in [0.2, 0.25) is 0 Å². The number of benzene rings is 1. The Balaban J connectivity index is 2.19. The number of hydrogen-bond acceptors (Lipinski definition) is 4. The molecule has 0 spiro atoms. The molecular formula is C12H13ClN2O2S. The van der Waals surface area contributed by atoms with Gasteiger partial charge in [0.1, 0.15) is 6.07 Å². The third-order valence-corrected chi connectivity index (χ3v) is 4.98. The first kappa shape index (κ1) is 13.2. The molecule has 1 N–H and O–H groups in total. The Hall–Kier alpha value is -1.25. The summed E-state index contributed by atoms with van der Waals surface area (Å²) < 4.78 is 23.1. The third-order valence-electron chi connectivity index (χ3n) is 2.92. The van der Waals surface area contributed by atoms with Gasteiger partial charge in [-0.3, -0.25) is 0 Å². The number of anilines is 1. The molecule has 18 heavy (non-hydrogen) atoms. The van der Waals surface area contributed by atoms with Crippen LogP contribution < -0.4 is 5.32 Å². The zero-order chi connectivity index (χ0) is 13.2. The van der Waals surface area contributed by atoms with Gasteiger partial charge in [-0.05, 0) is 31.0 Å². The summed E-state index contributed by atoms with van der Waals surface area (Å²) in [4.78, 5) is 0. The molecule has 0 aliphatic carbocycles. The van der Waals surface area contributed by atoms with Gasteiger partial charge in [0.25, 0.3) is 0 Å². The molecule has 0 aromatic heterocycles. The van der Waals surface area contributed by atoms with E-state index < -0.39 is 9.84 Å². The lowest BCUT2D eigenvalue weighted by Crippen LogP contribution is -2.35. The molecule has 6 heteroatoms. The molecule has 2 rings (SSSR count). The molecule has 0 amide bonds. The van der Waals surface area contributed by atoms with Crippen molar-refractivity contribution in [2.24, 2.45) is 0 Å². The summed E-state index contributed by atoms with van der Waals surface area (Å²) in [6, 6.07) is 6.84. The lowest BCUT2D eigenvalue weighted by atomic mass is 10.1. The van der Waals surface area contributed by atoms with Crippen LogP contribution in [-0.4, -0.2) is 26.0 Å². The van der Waals surface area contributed by atoms with Crippen molar-refractivity contribution in [1.29, 1.82) is 5.26 Å². The number of sulfone groups is 1. The van der Waals surface area contributed by atoms with Gasteiger partial charge in [0.15, 0.2) is 9.84 Å². The van der Waals surface area contributed by atoms with Crippen molar-refractivity contribution in [3.05, 3.63) is 28.8 Å². The summed E-state index contributed by atoms with van der Waals surface area (Å²) >= 11 is 5.88. The molecule has 0 unspecified atom stereocenters. The van der Waals surface area contributed by atoms with Gasteiger partial charge < -0.3 is 5.32 Å². The quantitative estimate of drug-likeness (QED) is 0.904. The van der Waals surface area contributed by atoms with E-state index in [0.717, 1.165) is 6.42 Å². The van der Waals surface area contributed by atoms with Crippen molar-refractivity contribution in [3.63, 3.8) is 0 Å². The number of halogens is 1. The number of nitrogens with one attached hydrogen (secondary N) is 1. The van der Waals surface area contributed by atoms with Gasteiger partial charge in [-0.1, -0.05) is 11.6 Å². The van der Waals surface area contributed by atoms with Crippen LogP contribution in [0, 0.1) is 11.3 Å². The van der Waals surface area contributed by atoms with Crippen molar-refractivity contribution in [2.75, 3.05) is 16.8 Å². The van der Waals surface area contributed by atoms with Crippen LogP contribution in [0.2, 0.25) is 5.02 Å². The summed E-state index contributed by atoms with van der Waals surface area (Å²) in [5.74, 6) is 0.371. The van der Waals surface area contributed by atoms with Crippen molar-refractivity contribution in [3.8, 4) is 6.07 Å². The molecule has 1 fully saturated rings. The standard InChI is InChI=1S/C12H13ClN2O2S/c13-10-4-3-9(7-14)12(6-10)15-11-2-1-5-18(16,17)8-11/h3-4,6,11,15H,1-2,5,8H2/t11-/m1/s1. The number of nitriles is 1. The van der Waals surface area contributed by atoms with Crippen molar-refractivity contribution in [1.82, 2.24) is 0 Å². The molecule has 0 saturated carbocycles. The molecule has 1 atom stereocenters. The Morgan fingerprint density at radius 1 is 1.44 bits per heavy atom. The maximum Gasteiger partial charge on any atom is 0.152 e. The van der Waals surface area contributed by atoms with E-state index in [2.05, 4.69) is 11.4 Å². The SMILES string of the molecule is N#Cc1ccc(Cl)cc1N[C@@H]1CCCS(=O)(=O)C1. The second-order valence-electron chi connectivity index (χ2n) is 4.40. The topological polar surface area (TPSA) is 70.0 Å². The van der Waals surface area contributed by atoms with Gasteiger partial charge in [-0.25, -0.2) is 8.42 Å². The minimum Gasteiger partial charge on any atom is -0.380 e. The molecule has 96 valence electrons. The first-order valence-corrected chi connectivity index (χ1v) is 7.87. The van der Waals surface area contributed by atoms with E-state index in [1.807, 2.05) is 0 Å². The fraction of sp³-hybridized carbons (Fsp3) is 0.417. The molecule has 1 aliphatic heterocycles. The van der Waals surface area contributed by atoms with Crippen LogP contribution in [0.15, 0.2) is 18.2 Å². The molecule has 1 aliphatic rings. The molecular weight excluding hydrogens is 272 g/mol. The predicted octanol–water partition coefficient (Wildman–Crippen LogP) is 2.20. The average Bonchev–Trinajstić information content (AvgIpc) is 2.28. The third kappa shape index (κ3) is 3.15. The maximum absolute atomic E-state index is 11.5. The molecule has 1 aromatic rings. The van der Waals surface area contributed by atoms with Crippen LogP contribution in [-0.2, 0) is 9.84 Å². The van der Waals surface area contributed by atoms with E-state index in [0.29, 0.717) is 22.7 Å². The zero-order valence-corrected chi connectivity index (χ0v) is 11.3. The molecule has 0 bridgehead atoms. The van der Waals surface area contributed by atoms with Crippen molar-refractivity contribution in [2.45, 2.75) is 18.9 Å². The minimum atomic E-state index is -2.96. The normalized spacial score (nSPS) is 22.1. The van der Waals surface area contributed by atoms with E-state index in [-0.39, 0.29) is 17.5 Å². The maximum atomic E-state index is 11.5. The molecule has 1 saturated heterocycles. The summed E-state index contributed by atoms with van der Waals surface area (Å²) in [7, 11) is -2.96. The van der Waals surface area contributed by atoms with Crippen molar-refractivity contribution >= 4 is 27.1 Å². The fourth-order valence-electron chi connectivity index (χ4n) is 2.09. The summed E-state index contributed by atoms with van der Waals surface area (Å²) in [6.45, 7) is 0. The van der Waals surface area contributed by atoms with Crippen LogP contribution in [0.25, 0.3) is 0 Å². The van der Waals surface area contributed by atoms with E-state index in [4.69, 9.17) is 16.9 Å². The first-order chi connectivity index (χ1) is 8.50. The Morgan fingerprint density at radius 3 is 2.89 bits per heavy atom. The van der Waals surface area contributed by atoms with Crippen LogP contribution in [0.4, 0.5) is 5.69 Å². The van der Waals surface area contributed by atoms with E-state index in [9.17, 15) is 8.42 Å². The largest absolute Gasteiger partial charge is 0.380 e. The minimum absolute atomic E-state index is 0.115. The zero-order valence-electron chi connectivity index (χ0n) is 9.69. The van der Waals surface area contributed by atoms with Crippen LogP contribution in [0.5, 0.6) is 0 Å². The summed E-state index contributed by atoms with van der Waals surface area (Å²) in [6.07, 6.45) is 1.44. The monoisotopic (exact) mass is 284 g/mol. The van der Waals surface area contributed by atoms with Gasteiger partial charge in [-0.15, -0.1) is 0 Å². The molecule has 1 aromatic carbocycles. The average molecular weight is 285 g/mol. The Morgan fingerprint density at radius 2 is 2.22 bits per heavy atom. The number of nitrogens with zero attached hydrogens (tertiary/aromatic N) is 1. The van der Waals surface area contributed by atoms with Crippen molar-refractivity contribution < 1.29 is 8.42 Å². The summed E-state index contributed by atoms with van der Waals surface area (Å²) in [5.41, 5.74) is 1.08. The Kier molecular flexibility index (Phi) is 3.79. The lowest BCUT2D eigenvalue weighted by Gasteiger charge is -2.24. The Labute approximate surface area is 111 Å². The fourth-order valence-corrected chi connectivity index (χ4v) is 3.90. The smallest absolute Gasteiger partial charge is 0.152 e. The van der Waals surface area contributed by atoms with Crippen LogP contribution >= 0.6 is 11.6 Å². The number of hydrogen-bond donors (Lipinski definition) is 1. The molecule has 4 nitrogen and oxygen atoms in total. The van der Waals surface area contributed by atoms with Gasteiger partial charge >= 0.3 is 0 Å². The highest BCUT2D eigenvalue weighted by atomic mass is 35.5. The molecule has 0 radical (unpaired) electrons. The van der Waals surface area contributed by atoms with E-state index in [1.54, 1.807) is 18.2 Å².